The molecule has 1 aliphatic carbocycles. The fourth-order valence-electron chi connectivity index (χ4n) is 2.33. The molecule has 102 valence electrons. The highest BCUT2D eigenvalue weighted by molar-refractivity contribution is 5.77. The second-order valence-electron chi connectivity index (χ2n) is 4.33. The summed E-state index contributed by atoms with van der Waals surface area (Å²) in [4.78, 5) is 10.8. The molecule has 2 N–H and O–H groups in total. The summed E-state index contributed by atoms with van der Waals surface area (Å²) in [7, 11) is 1.55. The van der Waals surface area contributed by atoms with Crippen LogP contribution in [0.15, 0.2) is 23.3 Å². The molecule has 1 rings (SSSR count). The molecule has 0 aromatic rings. The maximum Gasteiger partial charge on any atom is 0.337 e. The predicted octanol–water partition coefficient (Wildman–Crippen LogP) is 1.33. The first-order chi connectivity index (χ1) is 8.39. The van der Waals surface area contributed by atoms with E-state index in [2.05, 4.69) is 0 Å². The fraction of sp³-hybridized carbons (Fsp3) is 0.615. The Morgan fingerprint density at radius 1 is 1.61 bits per heavy atom. The van der Waals surface area contributed by atoms with Crippen molar-refractivity contribution in [1.82, 2.24) is 0 Å². The molecule has 0 saturated carbocycles. The lowest BCUT2D eigenvalue weighted by Gasteiger charge is -2.40. The van der Waals surface area contributed by atoms with E-state index in [1.165, 1.54) is 0 Å². The van der Waals surface area contributed by atoms with Crippen molar-refractivity contribution in [2.24, 2.45) is 5.92 Å². The van der Waals surface area contributed by atoms with Crippen molar-refractivity contribution in [1.29, 1.82) is 0 Å². The first kappa shape index (κ1) is 14.9. The fourth-order valence-corrected chi connectivity index (χ4v) is 2.33. The van der Waals surface area contributed by atoms with Gasteiger partial charge in [-0.05, 0) is 25.0 Å². The maximum absolute atomic E-state index is 10.8. The summed E-state index contributed by atoms with van der Waals surface area (Å²) in [6.07, 6.45) is 1.77. The normalized spacial score (nSPS) is 29.5. The summed E-state index contributed by atoms with van der Waals surface area (Å²) in [5.41, 5.74) is 1.11. The van der Waals surface area contributed by atoms with Crippen LogP contribution in [0.1, 0.15) is 20.8 Å². The molecule has 1 aliphatic rings. The van der Waals surface area contributed by atoms with Crippen LogP contribution in [0.3, 0.4) is 0 Å². The van der Waals surface area contributed by atoms with E-state index in [9.17, 15) is 9.90 Å². The van der Waals surface area contributed by atoms with E-state index >= 15 is 0 Å². The standard InChI is InChI=1S/C13H20O5/c1-5-18-13(17-4)8(2)6-10(7-9(13)3)11(14)12(15)16/h6-8,11,14H,5H2,1-4H3,(H,15,16). The number of rotatable bonds is 5. The number of methoxy groups -OCH3 is 1. The van der Waals surface area contributed by atoms with E-state index in [1.807, 2.05) is 13.8 Å². The summed E-state index contributed by atoms with van der Waals surface area (Å²) in [6, 6.07) is 0. The van der Waals surface area contributed by atoms with E-state index in [1.54, 1.807) is 26.2 Å². The minimum Gasteiger partial charge on any atom is -0.479 e. The number of aliphatic carboxylic acids is 1. The van der Waals surface area contributed by atoms with E-state index in [0.717, 1.165) is 5.57 Å². The quantitative estimate of drug-likeness (QED) is 0.726. The minimum absolute atomic E-state index is 0.184. The SMILES string of the molecule is CCOC1(OC)C(C)=CC(C(O)C(=O)O)=CC1C. The third-order valence-electron chi connectivity index (χ3n) is 3.19. The summed E-state index contributed by atoms with van der Waals surface area (Å²) in [5, 5.41) is 18.4. The van der Waals surface area contributed by atoms with Gasteiger partial charge >= 0.3 is 5.97 Å². The van der Waals surface area contributed by atoms with Crippen molar-refractivity contribution in [3.05, 3.63) is 23.3 Å². The molecule has 3 atom stereocenters. The molecular weight excluding hydrogens is 236 g/mol. The van der Waals surface area contributed by atoms with E-state index in [0.29, 0.717) is 12.2 Å². The Balaban J connectivity index is 3.10. The zero-order valence-electron chi connectivity index (χ0n) is 11.1. The third-order valence-corrected chi connectivity index (χ3v) is 3.19. The van der Waals surface area contributed by atoms with Crippen molar-refractivity contribution in [2.75, 3.05) is 13.7 Å². The molecule has 0 saturated heterocycles. The van der Waals surface area contributed by atoms with Crippen LogP contribution in [-0.4, -0.2) is 41.8 Å². The lowest BCUT2D eigenvalue weighted by molar-refractivity contribution is -0.214. The van der Waals surface area contributed by atoms with Crippen LogP contribution in [0.25, 0.3) is 0 Å². The molecule has 0 radical (unpaired) electrons. The van der Waals surface area contributed by atoms with Crippen LogP contribution in [0.4, 0.5) is 0 Å². The topological polar surface area (TPSA) is 76.0 Å². The molecule has 0 aromatic carbocycles. The van der Waals surface area contributed by atoms with Crippen LogP contribution in [0.5, 0.6) is 0 Å². The van der Waals surface area contributed by atoms with Crippen LogP contribution >= 0.6 is 0 Å². The number of carboxylic acid groups (broad SMARTS) is 1. The summed E-state index contributed by atoms with van der Waals surface area (Å²) < 4.78 is 11.1. The van der Waals surface area contributed by atoms with Crippen LogP contribution in [-0.2, 0) is 14.3 Å². The molecule has 0 bridgehead atoms. The number of hydrogen-bond donors (Lipinski definition) is 2. The summed E-state index contributed by atoms with van der Waals surface area (Å²) in [6.45, 7) is 6.02. The van der Waals surface area contributed by atoms with Gasteiger partial charge in [0.1, 0.15) is 0 Å². The Labute approximate surface area is 107 Å². The van der Waals surface area contributed by atoms with Crippen molar-refractivity contribution in [3.63, 3.8) is 0 Å². The molecular formula is C13H20O5. The number of hydrogen-bond acceptors (Lipinski definition) is 4. The number of ether oxygens (including phenoxy) is 2. The zero-order valence-corrected chi connectivity index (χ0v) is 11.1. The largest absolute Gasteiger partial charge is 0.479 e. The third kappa shape index (κ3) is 2.48. The maximum atomic E-state index is 10.8. The van der Waals surface area contributed by atoms with Gasteiger partial charge in [-0.3, -0.25) is 0 Å². The van der Waals surface area contributed by atoms with E-state index in [-0.39, 0.29) is 5.92 Å². The molecule has 0 heterocycles. The predicted molar refractivity (Wildman–Crippen MR) is 66.0 cm³/mol. The highest BCUT2D eigenvalue weighted by Gasteiger charge is 2.41. The lowest BCUT2D eigenvalue weighted by Crippen LogP contribution is -2.44. The number of aliphatic hydroxyl groups is 1. The van der Waals surface area contributed by atoms with Crippen molar-refractivity contribution >= 4 is 5.97 Å². The Morgan fingerprint density at radius 3 is 2.61 bits per heavy atom. The molecule has 3 unspecified atom stereocenters. The first-order valence-electron chi connectivity index (χ1n) is 5.89. The molecule has 5 heteroatoms. The molecule has 0 aromatic heterocycles. The van der Waals surface area contributed by atoms with E-state index < -0.39 is 17.9 Å². The van der Waals surface area contributed by atoms with Gasteiger partial charge in [0, 0.05) is 19.6 Å². The second-order valence-corrected chi connectivity index (χ2v) is 4.33. The smallest absolute Gasteiger partial charge is 0.337 e. The number of aliphatic hydroxyl groups excluding tert-OH is 1. The Kier molecular flexibility index (Phi) is 4.67. The van der Waals surface area contributed by atoms with E-state index in [4.69, 9.17) is 14.6 Å². The van der Waals surface area contributed by atoms with Gasteiger partial charge in [-0.25, -0.2) is 4.79 Å². The molecule has 5 nitrogen and oxygen atoms in total. The molecule has 0 fully saturated rings. The van der Waals surface area contributed by atoms with Gasteiger partial charge in [0.2, 0.25) is 0 Å². The molecule has 18 heavy (non-hydrogen) atoms. The average molecular weight is 256 g/mol. The Hall–Kier alpha value is -1.17. The van der Waals surface area contributed by atoms with Gasteiger partial charge < -0.3 is 19.7 Å². The summed E-state index contributed by atoms with van der Waals surface area (Å²) >= 11 is 0. The lowest BCUT2D eigenvalue weighted by atomic mass is 9.84. The van der Waals surface area contributed by atoms with Gasteiger partial charge in [-0.15, -0.1) is 0 Å². The van der Waals surface area contributed by atoms with Gasteiger partial charge in [-0.2, -0.15) is 0 Å². The van der Waals surface area contributed by atoms with Crippen LogP contribution < -0.4 is 0 Å². The highest BCUT2D eigenvalue weighted by Crippen LogP contribution is 2.37. The van der Waals surface area contributed by atoms with Crippen LogP contribution in [0.2, 0.25) is 0 Å². The number of carboxylic acids is 1. The molecule has 0 spiro atoms. The summed E-state index contributed by atoms with van der Waals surface area (Å²) in [5.74, 6) is -2.33. The first-order valence-corrected chi connectivity index (χ1v) is 5.89. The van der Waals surface area contributed by atoms with Crippen molar-refractivity contribution < 1.29 is 24.5 Å². The minimum atomic E-state index is -1.51. The van der Waals surface area contributed by atoms with Gasteiger partial charge in [0.15, 0.2) is 11.9 Å². The second kappa shape index (κ2) is 5.65. The Morgan fingerprint density at radius 2 is 2.22 bits per heavy atom. The van der Waals surface area contributed by atoms with Crippen molar-refractivity contribution in [2.45, 2.75) is 32.7 Å². The van der Waals surface area contributed by atoms with Gasteiger partial charge in [0.05, 0.1) is 0 Å². The molecule has 0 aliphatic heterocycles. The Bertz CT molecular complexity index is 385. The average Bonchev–Trinajstić information content (AvgIpc) is 2.32. The highest BCUT2D eigenvalue weighted by atomic mass is 16.7. The molecule has 0 amide bonds. The van der Waals surface area contributed by atoms with Crippen LogP contribution in [0, 0.1) is 5.92 Å². The van der Waals surface area contributed by atoms with Gasteiger partial charge in [-0.1, -0.05) is 19.1 Å². The van der Waals surface area contributed by atoms with Crippen molar-refractivity contribution in [3.8, 4) is 0 Å². The van der Waals surface area contributed by atoms with Gasteiger partial charge in [0.25, 0.3) is 0 Å². The monoisotopic (exact) mass is 256 g/mol. The number of carbonyl (C=O) groups is 1. The zero-order chi connectivity index (χ0) is 13.9.